The maximum absolute atomic E-state index is 13.5. The Balaban J connectivity index is 2.28. The van der Waals surface area contributed by atoms with E-state index in [1.807, 2.05) is 0 Å². The molecule has 1 saturated heterocycles. The van der Waals surface area contributed by atoms with Crippen molar-refractivity contribution in [3.63, 3.8) is 0 Å². The first-order valence-corrected chi connectivity index (χ1v) is 7.21. The lowest BCUT2D eigenvalue weighted by Gasteiger charge is -2.35. The Morgan fingerprint density at radius 3 is 2.86 bits per heavy atom. The van der Waals surface area contributed by atoms with E-state index in [4.69, 9.17) is 5.11 Å². The number of carbonyl (C=O) groups is 1. The summed E-state index contributed by atoms with van der Waals surface area (Å²) in [6.07, 6.45) is 0.958. The number of rotatable bonds is 1. The molecular formula is C17H20FNO2. The van der Waals surface area contributed by atoms with Crippen LogP contribution < -0.4 is 0 Å². The van der Waals surface area contributed by atoms with Gasteiger partial charge in [-0.05, 0) is 36.5 Å². The average Bonchev–Trinajstić information content (AvgIpc) is 2.48. The van der Waals surface area contributed by atoms with Crippen molar-refractivity contribution in [2.75, 3.05) is 19.7 Å². The third kappa shape index (κ3) is 3.62. The fraction of sp³-hybridized carbons (Fsp3) is 0.471. The Morgan fingerprint density at radius 2 is 2.19 bits per heavy atom. The fourth-order valence-corrected chi connectivity index (χ4v) is 2.55. The molecule has 0 saturated carbocycles. The van der Waals surface area contributed by atoms with Crippen LogP contribution in [-0.4, -0.2) is 35.6 Å². The van der Waals surface area contributed by atoms with Crippen molar-refractivity contribution in [1.29, 1.82) is 0 Å². The minimum Gasteiger partial charge on any atom is -0.384 e. The molecule has 1 heterocycles. The summed E-state index contributed by atoms with van der Waals surface area (Å²) in [5.41, 5.74) is 0.736. The SMILES string of the molecule is CC1CCN(C(=O)c2cc(F)ccc2C#CCO)CC1C. The summed E-state index contributed by atoms with van der Waals surface area (Å²) in [6, 6.07) is 3.99. The number of carbonyl (C=O) groups excluding carboxylic acids is 1. The van der Waals surface area contributed by atoms with Crippen molar-refractivity contribution in [2.24, 2.45) is 11.8 Å². The Morgan fingerprint density at radius 1 is 1.43 bits per heavy atom. The van der Waals surface area contributed by atoms with E-state index in [2.05, 4.69) is 25.7 Å². The van der Waals surface area contributed by atoms with E-state index in [0.29, 0.717) is 30.5 Å². The lowest BCUT2D eigenvalue weighted by atomic mass is 9.88. The molecule has 1 aromatic carbocycles. The first-order chi connectivity index (χ1) is 10.0. The third-order valence-electron chi connectivity index (χ3n) is 4.14. The molecule has 2 rings (SSSR count). The summed E-state index contributed by atoms with van der Waals surface area (Å²) in [4.78, 5) is 14.4. The maximum atomic E-state index is 13.5. The zero-order valence-corrected chi connectivity index (χ0v) is 12.4. The molecule has 1 aliphatic rings. The van der Waals surface area contributed by atoms with Crippen LogP contribution in [0.3, 0.4) is 0 Å². The number of nitrogens with zero attached hydrogens (tertiary/aromatic N) is 1. The van der Waals surface area contributed by atoms with Crippen molar-refractivity contribution < 1.29 is 14.3 Å². The van der Waals surface area contributed by atoms with Gasteiger partial charge in [-0.25, -0.2) is 4.39 Å². The highest BCUT2D eigenvalue weighted by Gasteiger charge is 2.27. The zero-order chi connectivity index (χ0) is 15.4. The van der Waals surface area contributed by atoms with Crippen molar-refractivity contribution in [1.82, 2.24) is 4.90 Å². The number of benzene rings is 1. The predicted molar refractivity (Wildman–Crippen MR) is 79.2 cm³/mol. The lowest BCUT2D eigenvalue weighted by molar-refractivity contribution is 0.0626. The van der Waals surface area contributed by atoms with Crippen LogP contribution >= 0.6 is 0 Å². The van der Waals surface area contributed by atoms with Gasteiger partial charge in [-0.15, -0.1) is 0 Å². The second-order valence-electron chi connectivity index (χ2n) is 5.64. The fourth-order valence-electron chi connectivity index (χ4n) is 2.55. The lowest BCUT2D eigenvalue weighted by Crippen LogP contribution is -2.42. The van der Waals surface area contributed by atoms with Crippen LogP contribution in [0.4, 0.5) is 4.39 Å². The van der Waals surface area contributed by atoms with Crippen LogP contribution in [0.15, 0.2) is 18.2 Å². The van der Waals surface area contributed by atoms with Crippen molar-refractivity contribution in [2.45, 2.75) is 20.3 Å². The minimum atomic E-state index is -0.452. The Bertz CT molecular complexity index is 588. The molecule has 112 valence electrons. The van der Waals surface area contributed by atoms with E-state index >= 15 is 0 Å². The van der Waals surface area contributed by atoms with Gasteiger partial charge in [0.2, 0.25) is 0 Å². The molecule has 4 heteroatoms. The zero-order valence-electron chi connectivity index (χ0n) is 12.4. The summed E-state index contributed by atoms with van der Waals surface area (Å²) < 4.78 is 13.5. The number of piperidine rings is 1. The first-order valence-electron chi connectivity index (χ1n) is 7.21. The van der Waals surface area contributed by atoms with Crippen LogP contribution in [0.2, 0.25) is 0 Å². The maximum Gasteiger partial charge on any atom is 0.255 e. The molecule has 3 nitrogen and oxygen atoms in total. The van der Waals surface area contributed by atoms with Crippen molar-refractivity contribution in [3.05, 3.63) is 35.1 Å². The summed E-state index contributed by atoms with van der Waals surface area (Å²) in [7, 11) is 0. The molecule has 0 aliphatic carbocycles. The van der Waals surface area contributed by atoms with Crippen LogP contribution in [0, 0.1) is 29.5 Å². The summed E-state index contributed by atoms with van der Waals surface area (Å²) in [5.74, 6) is 5.62. The Kier molecular flexibility index (Phi) is 4.98. The van der Waals surface area contributed by atoms with Crippen LogP contribution in [-0.2, 0) is 0 Å². The van der Waals surface area contributed by atoms with E-state index in [1.165, 1.54) is 18.2 Å². The number of amides is 1. The number of hydrogen-bond donors (Lipinski definition) is 1. The summed E-state index contributed by atoms with van der Waals surface area (Å²) >= 11 is 0. The van der Waals surface area contributed by atoms with Gasteiger partial charge in [0.25, 0.3) is 5.91 Å². The molecular weight excluding hydrogens is 269 g/mol. The highest BCUT2D eigenvalue weighted by molar-refractivity contribution is 5.96. The molecule has 0 bridgehead atoms. The van der Waals surface area contributed by atoms with Gasteiger partial charge < -0.3 is 10.0 Å². The van der Waals surface area contributed by atoms with Crippen molar-refractivity contribution in [3.8, 4) is 11.8 Å². The Hall–Kier alpha value is -1.86. The molecule has 1 fully saturated rings. The minimum absolute atomic E-state index is 0.185. The predicted octanol–water partition coefficient (Wildman–Crippen LogP) is 2.29. The average molecular weight is 289 g/mol. The van der Waals surface area contributed by atoms with Gasteiger partial charge in [0.05, 0.1) is 5.56 Å². The summed E-state index contributed by atoms with van der Waals surface area (Å²) in [5, 5.41) is 8.78. The molecule has 1 aliphatic heterocycles. The van der Waals surface area contributed by atoms with E-state index in [9.17, 15) is 9.18 Å². The van der Waals surface area contributed by atoms with E-state index < -0.39 is 5.82 Å². The van der Waals surface area contributed by atoms with Gasteiger partial charge >= 0.3 is 0 Å². The number of aliphatic hydroxyl groups is 1. The van der Waals surface area contributed by atoms with Crippen LogP contribution in [0.25, 0.3) is 0 Å². The van der Waals surface area contributed by atoms with E-state index in [-0.39, 0.29) is 18.1 Å². The standard InChI is InChI=1S/C17H20FNO2/c1-12-7-8-19(11-13(12)2)17(21)16-10-15(18)6-5-14(16)4-3-9-20/h5-6,10,12-13,20H,7-9,11H2,1-2H3. The van der Waals surface area contributed by atoms with Crippen LogP contribution in [0.1, 0.15) is 36.2 Å². The number of halogens is 1. The normalized spacial score (nSPS) is 21.6. The molecule has 2 unspecified atom stereocenters. The molecule has 0 radical (unpaired) electrons. The van der Waals surface area contributed by atoms with E-state index in [0.717, 1.165) is 6.42 Å². The molecule has 0 spiro atoms. The number of likely N-dealkylation sites (tertiary alicyclic amines) is 1. The molecule has 0 aromatic heterocycles. The highest BCUT2D eigenvalue weighted by atomic mass is 19.1. The monoisotopic (exact) mass is 289 g/mol. The van der Waals surface area contributed by atoms with Crippen molar-refractivity contribution >= 4 is 5.91 Å². The van der Waals surface area contributed by atoms with Crippen LogP contribution in [0.5, 0.6) is 0 Å². The molecule has 1 aromatic rings. The van der Waals surface area contributed by atoms with Gasteiger partial charge in [0.15, 0.2) is 0 Å². The van der Waals surface area contributed by atoms with E-state index in [1.54, 1.807) is 4.90 Å². The Labute approximate surface area is 124 Å². The number of aliphatic hydroxyl groups excluding tert-OH is 1. The second kappa shape index (κ2) is 6.73. The van der Waals surface area contributed by atoms with Gasteiger partial charge in [-0.1, -0.05) is 25.7 Å². The number of hydrogen-bond acceptors (Lipinski definition) is 2. The van der Waals surface area contributed by atoms with Gasteiger partial charge in [-0.2, -0.15) is 0 Å². The highest BCUT2D eigenvalue weighted by Crippen LogP contribution is 2.24. The molecule has 1 amide bonds. The first kappa shape index (κ1) is 15.5. The van der Waals surface area contributed by atoms with Gasteiger partial charge in [-0.3, -0.25) is 4.79 Å². The largest absolute Gasteiger partial charge is 0.384 e. The van der Waals surface area contributed by atoms with Gasteiger partial charge in [0, 0.05) is 18.7 Å². The summed E-state index contributed by atoms with van der Waals surface area (Å²) in [6.45, 7) is 5.40. The third-order valence-corrected chi connectivity index (χ3v) is 4.14. The molecule has 2 atom stereocenters. The smallest absolute Gasteiger partial charge is 0.255 e. The molecule has 1 N–H and O–H groups in total. The van der Waals surface area contributed by atoms with Gasteiger partial charge in [0.1, 0.15) is 12.4 Å². The quantitative estimate of drug-likeness (QED) is 0.806. The topological polar surface area (TPSA) is 40.5 Å². The molecule has 21 heavy (non-hydrogen) atoms. The second-order valence-corrected chi connectivity index (χ2v) is 5.64.